The Morgan fingerprint density at radius 2 is 1.55 bits per heavy atom. The fourth-order valence-corrected chi connectivity index (χ4v) is 3.56. The number of aromatic amines is 1. The first kappa shape index (κ1) is 30.2. The lowest BCUT2D eigenvalue weighted by Gasteiger charge is -2.25. The number of carbonyl (C=O) groups excluding carboxylic acids is 3. The maximum absolute atomic E-state index is 13.3. The van der Waals surface area contributed by atoms with Gasteiger partial charge in [0.15, 0.2) is 0 Å². The van der Waals surface area contributed by atoms with Crippen LogP contribution < -0.4 is 27.4 Å². The molecule has 208 valence electrons. The Bertz CT molecular complexity index is 1050. The standard InChI is InChI=1S/C24H35N7O7/c25-8-2-1-3-18(22(35)31-20(24(37)38)10-15-11-27-13-28-15)29-23(36)19(30-21(34)17(26)12-32)9-14-4-6-16(33)7-5-14/h4-7,11,13,17-20,32-33H,1-3,8-10,12,25-26H2,(H,27,28)(H,29,36)(H,30,34)(H,31,35)(H,37,38). The molecule has 0 bridgehead atoms. The number of nitrogens with one attached hydrogen (secondary N) is 4. The summed E-state index contributed by atoms with van der Waals surface area (Å²) in [5.74, 6) is -3.47. The number of phenolic OH excluding ortho intramolecular Hbond substituents is 1. The molecule has 0 spiro atoms. The van der Waals surface area contributed by atoms with Gasteiger partial charge in [-0.25, -0.2) is 9.78 Å². The number of aliphatic hydroxyl groups excluding tert-OH is 1. The Hall–Kier alpha value is -4.01. The van der Waals surface area contributed by atoms with E-state index < -0.39 is 54.5 Å². The summed E-state index contributed by atoms with van der Waals surface area (Å²) in [5, 5.41) is 35.9. The molecule has 0 saturated heterocycles. The summed E-state index contributed by atoms with van der Waals surface area (Å²) in [5.41, 5.74) is 12.2. The number of phenols is 1. The van der Waals surface area contributed by atoms with Crippen LogP contribution in [0.2, 0.25) is 0 Å². The van der Waals surface area contributed by atoms with Crippen LogP contribution in [-0.4, -0.2) is 86.3 Å². The van der Waals surface area contributed by atoms with Gasteiger partial charge in [0.05, 0.1) is 12.9 Å². The normalized spacial score (nSPS) is 14.1. The minimum Gasteiger partial charge on any atom is -0.508 e. The zero-order valence-electron chi connectivity index (χ0n) is 20.8. The molecule has 11 N–H and O–H groups in total. The van der Waals surface area contributed by atoms with E-state index in [1.54, 1.807) is 12.1 Å². The van der Waals surface area contributed by atoms with Crippen molar-refractivity contribution >= 4 is 23.7 Å². The molecule has 0 saturated carbocycles. The van der Waals surface area contributed by atoms with Crippen LogP contribution in [0.4, 0.5) is 0 Å². The lowest BCUT2D eigenvalue weighted by atomic mass is 10.0. The van der Waals surface area contributed by atoms with Gasteiger partial charge in [0.1, 0.15) is 29.9 Å². The average Bonchev–Trinajstić information content (AvgIpc) is 3.41. The number of nitrogens with two attached hydrogens (primary N) is 2. The molecular weight excluding hydrogens is 498 g/mol. The number of nitrogens with zero attached hydrogens (tertiary/aromatic N) is 1. The fourth-order valence-electron chi connectivity index (χ4n) is 3.56. The quantitative estimate of drug-likeness (QED) is 0.106. The molecule has 1 aromatic heterocycles. The van der Waals surface area contributed by atoms with E-state index in [4.69, 9.17) is 11.5 Å². The van der Waals surface area contributed by atoms with Crippen LogP contribution in [0, 0.1) is 0 Å². The van der Waals surface area contributed by atoms with Gasteiger partial charge >= 0.3 is 5.97 Å². The zero-order chi connectivity index (χ0) is 28.1. The van der Waals surface area contributed by atoms with E-state index in [-0.39, 0.29) is 25.0 Å². The minimum atomic E-state index is -1.29. The van der Waals surface area contributed by atoms with Gasteiger partial charge in [-0.2, -0.15) is 0 Å². The van der Waals surface area contributed by atoms with E-state index >= 15 is 0 Å². The SMILES string of the molecule is NCCCCC(NC(=O)C(Cc1ccc(O)cc1)NC(=O)C(N)CO)C(=O)NC(Cc1cnc[nH]1)C(=O)O. The highest BCUT2D eigenvalue weighted by Crippen LogP contribution is 2.12. The van der Waals surface area contributed by atoms with Gasteiger partial charge in [-0.3, -0.25) is 14.4 Å². The lowest BCUT2D eigenvalue weighted by Crippen LogP contribution is -2.58. The third kappa shape index (κ3) is 9.80. The monoisotopic (exact) mass is 533 g/mol. The minimum absolute atomic E-state index is 0.00921. The molecule has 0 aliphatic carbocycles. The molecule has 1 aromatic carbocycles. The van der Waals surface area contributed by atoms with Gasteiger partial charge in [-0.15, -0.1) is 0 Å². The molecule has 0 aliphatic rings. The Morgan fingerprint density at radius 3 is 2.13 bits per heavy atom. The molecule has 1 heterocycles. The summed E-state index contributed by atoms with van der Waals surface area (Å²) in [6, 6.07) is 1.09. The molecule has 2 aromatic rings. The van der Waals surface area contributed by atoms with Crippen molar-refractivity contribution < 1.29 is 34.5 Å². The Kier molecular flexibility index (Phi) is 12.2. The van der Waals surface area contributed by atoms with Gasteiger partial charge in [-0.1, -0.05) is 12.1 Å². The highest BCUT2D eigenvalue weighted by atomic mass is 16.4. The van der Waals surface area contributed by atoms with Crippen LogP contribution in [0.25, 0.3) is 0 Å². The maximum Gasteiger partial charge on any atom is 0.326 e. The summed E-state index contributed by atoms with van der Waals surface area (Å²) in [4.78, 5) is 57.1. The van der Waals surface area contributed by atoms with Gasteiger partial charge in [0.25, 0.3) is 0 Å². The molecule has 14 heteroatoms. The van der Waals surface area contributed by atoms with Crippen molar-refractivity contribution in [1.29, 1.82) is 0 Å². The number of imidazole rings is 1. The number of hydrogen-bond acceptors (Lipinski definition) is 9. The third-order valence-corrected chi connectivity index (χ3v) is 5.72. The second-order valence-corrected chi connectivity index (χ2v) is 8.75. The summed E-state index contributed by atoms with van der Waals surface area (Å²) >= 11 is 0. The van der Waals surface area contributed by atoms with Crippen LogP contribution in [0.1, 0.15) is 30.5 Å². The molecule has 2 rings (SSSR count). The van der Waals surface area contributed by atoms with Crippen molar-refractivity contribution in [3.05, 3.63) is 48.0 Å². The number of amides is 3. The predicted octanol–water partition coefficient (Wildman–Crippen LogP) is -2.11. The number of H-pyrrole nitrogens is 1. The molecule has 0 aliphatic heterocycles. The lowest BCUT2D eigenvalue weighted by molar-refractivity contribution is -0.142. The molecule has 4 atom stereocenters. The van der Waals surface area contributed by atoms with Crippen molar-refractivity contribution in [2.24, 2.45) is 11.5 Å². The van der Waals surface area contributed by atoms with E-state index in [1.165, 1.54) is 24.7 Å². The molecule has 3 amide bonds. The highest BCUT2D eigenvalue weighted by molar-refractivity contribution is 5.94. The summed E-state index contributed by atoms with van der Waals surface area (Å²) in [7, 11) is 0. The molecule has 38 heavy (non-hydrogen) atoms. The van der Waals surface area contributed by atoms with Gasteiger partial charge in [-0.05, 0) is 43.5 Å². The summed E-state index contributed by atoms with van der Waals surface area (Å²) < 4.78 is 0. The second kappa shape index (κ2) is 15.3. The van der Waals surface area contributed by atoms with E-state index in [0.717, 1.165) is 0 Å². The predicted molar refractivity (Wildman–Crippen MR) is 135 cm³/mol. The maximum atomic E-state index is 13.3. The average molecular weight is 534 g/mol. The van der Waals surface area contributed by atoms with Crippen LogP contribution in [-0.2, 0) is 32.0 Å². The summed E-state index contributed by atoms with van der Waals surface area (Å²) in [6.45, 7) is -0.283. The van der Waals surface area contributed by atoms with Crippen molar-refractivity contribution in [3.63, 3.8) is 0 Å². The van der Waals surface area contributed by atoms with Crippen molar-refractivity contribution in [3.8, 4) is 5.75 Å². The molecule has 0 radical (unpaired) electrons. The molecular formula is C24H35N7O7. The number of hydrogen-bond donors (Lipinski definition) is 9. The number of benzene rings is 1. The van der Waals surface area contributed by atoms with Crippen LogP contribution in [0.15, 0.2) is 36.8 Å². The summed E-state index contributed by atoms with van der Waals surface area (Å²) in [6.07, 6.45) is 3.97. The van der Waals surface area contributed by atoms with E-state index in [1.807, 2.05) is 0 Å². The number of aliphatic carboxylic acids is 1. The number of carbonyl (C=O) groups is 4. The van der Waals surface area contributed by atoms with Crippen molar-refractivity contribution in [2.45, 2.75) is 56.3 Å². The number of unbranched alkanes of at least 4 members (excludes halogenated alkanes) is 1. The Balaban J connectivity index is 2.21. The van der Waals surface area contributed by atoms with Crippen LogP contribution in [0.3, 0.4) is 0 Å². The topological polar surface area (TPSA) is 246 Å². The van der Waals surface area contributed by atoms with Crippen molar-refractivity contribution in [1.82, 2.24) is 25.9 Å². The smallest absolute Gasteiger partial charge is 0.326 e. The first-order valence-corrected chi connectivity index (χ1v) is 12.1. The number of carboxylic acid groups (broad SMARTS) is 1. The Labute approximate surface area is 219 Å². The zero-order valence-corrected chi connectivity index (χ0v) is 20.8. The number of carboxylic acids is 1. The number of aromatic nitrogens is 2. The van der Waals surface area contributed by atoms with E-state index in [2.05, 4.69) is 25.9 Å². The van der Waals surface area contributed by atoms with Gasteiger partial charge in [0.2, 0.25) is 17.7 Å². The Morgan fingerprint density at radius 1 is 0.921 bits per heavy atom. The third-order valence-electron chi connectivity index (χ3n) is 5.72. The molecule has 4 unspecified atom stereocenters. The largest absolute Gasteiger partial charge is 0.508 e. The molecule has 0 fully saturated rings. The highest BCUT2D eigenvalue weighted by Gasteiger charge is 2.30. The second-order valence-electron chi connectivity index (χ2n) is 8.75. The van der Waals surface area contributed by atoms with E-state index in [9.17, 15) is 34.5 Å². The van der Waals surface area contributed by atoms with Gasteiger partial charge in [0, 0.05) is 24.7 Å². The number of aliphatic hydroxyl groups is 1. The molecule has 14 nitrogen and oxygen atoms in total. The first-order chi connectivity index (χ1) is 18.1. The number of aromatic hydroxyl groups is 1. The fraction of sp³-hybridized carbons (Fsp3) is 0.458. The first-order valence-electron chi connectivity index (χ1n) is 12.1. The van der Waals surface area contributed by atoms with Crippen molar-refractivity contribution in [2.75, 3.05) is 13.2 Å². The van der Waals surface area contributed by atoms with Gasteiger partial charge < -0.3 is 47.7 Å². The van der Waals surface area contributed by atoms with E-state index in [0.29, 0.717) is 30.6 Å². The number of rotatable bonds is 16. The van der Waals surface area contributed by atoms with Crippen LogP contribution in [0.5, 0.6) is 5.75 Å². The van der Waals surface area contributed by atoms with Crippen LogP contribution >= 0.6 is 0 Å².